The lowest BCUT2D eigenvalue weighted by atomic mass is 10.2. The summed E-state index contributed by atoms with van der Waals surface area (Å²) in [4.78, 5) is 29.0. The third kappa shape index (κ3) is 2.73. The molecule has 1 aromatic carbocycles. The molecule has 0 aliphatic heterocycles. The zero-order chi connectivity index (χ0) is 16.4. The van der Waals surface area contributed by atoms with Gasteiger partial charge in [-0.25, -0.2) is 4.98 Å². The van der Waals surface area contributed by atoms with Gasteiger partial charge in [-0.2, -0.15) is 9.61 Å². The topological polar surface area (TPSA) is 94.8 Å². The van der Waals surface area contributed by atoms with Crippen LogP contribution in [0.4, 0.5) is 5.69 Å². The summed E-state index contributed by atoms with van der Waals surface area (Å²) < 4.78 is 11.4. The molecule has 2 heterocycles. The fourth-order valence-electron chi connectivity index (χ4n) is 1.99. The van der Waals surface area contributed by atoms with E-state index in [0.29, 0.717) is 22.0 Å². The SMILES string of the molecule is COc1ccc(C(=O)Nc2cnc3scnn3c2=O)cc1OC. The van der Waals surface area contributed by atoms with Gasteiger partial charge in [0, 0.05) is 5.56 Å². The number of hydrogen-bond donors (Lipinski definition) is 1. The molecule has 2 aromatic heterocycles. The first-order chi connectivity index (χ1) is 11.1. The lowest BCUT2D eigenvalue weighted by Gasteiger charge is -2.09. The highest BCUT2D eigenvalue weighted by Gasteiger charge is 2.14. The van der Waals surface area contributed by atoms with E-state index in [1.807, 2.05) is 0 Å². The zero-order valence-corrected chi connectivity index (χ0v) is 13.1. The summed E-state index contributed by atoms with van der Waals surface area (Å²) in [6.07, 6.45) is 1.31. The average Bonchev–Trinajstić information content (AvgIpc) is 3.06. The third-order valence-electron chi connectivity index (χ3n) is 3.12. The van der Waals surface area contributed by atoms with Crippen LogP contribution in [-0.4, -0.2) is 34.7 Å². The summed E-state index contributed by atoms with van der Waals surface area (Å²) in [5.74, 6) is 0.472. The van der Waals surface area contributed by atoms with Crippen molar-refractivity contribution in [2.24, 2.45) is 0 Å². The molecule has 0 aliphatic carbocycles. The molecule has 0 saturated heterocycles. The van der Waals surface area contributed by atoms with Gasteiger partial charge in [-0.1, -0.05) is 11.3 Å². The number of fused-ring (bicyclic) bond motifs is 1. The monoisotopic (exact) mass is 332 g/mol. The molecule has 0 atom stereocenters. The number of methoxy groups -OCH3 is 2. The van der Waals surface area contributed by atoms with Gasteiger partial charge in [-0.05, 0) is 18.2 Å². The van der Waals surface area contributed by atoms with Crippen LogP contribution >= 0.6 is 11.3 Å². The van der Waals surface area contributed by atoms with Gasteiger partial charge in [0.1, 0.15) is 11.2 Å². The molecule has 0 aliphatic rings. The van der Waals surface area contributed by atoms with Gasteiger partial charge in [0.25, 0.3) is 11.5 Å². The summed E-state index contributed by atoms with van der Waals surface area (Å²) in [7, 11) is 2.99. The van der Waals surface area contributed by atoms with E-state index in [2.05, 4.69) is 15.4 Å². The highest BCUT2D eigenvalue weighted by molar-refractivity contribution is 7.14. The van der Waals surface area contributed by atoms with Crippen molar-refractivity contribution in [2.75, 3.05) is 19.5 Å². The second kappa shape index (κ2) is 6.05. The Labute approximate surface area is 134 Å². The standard InChI is InChI=1S/C14H12N4O4S/c1-21-10-4-3-8(5-11(10)22-2)12(19)17-9-6-15-14-18(13(9)20)16-7-23-14/h3-7H,1-2H3,(H,17,19). The Morgan fingerprint density at radius 1 is 1.26 bits per heavy atom. The quantitative estimate of drug-likeness (QED) is 0.776. The highest BCUT2D eigenvalue weighted by Crippen LogP contribution is 2.27. The first-order valence-corrected chi connectivity index (χ1v) is 7.37. The van der Waals surface area contributed by atoms with Crippen LogP contribution in [-0.2, 0) is 0 Å². The van der Waals surface area contributed by atoms with Crippen molar-refractivity contribution < 1.29 is 14.3 Å². The second-order valence-corrected chi connectivity index (χ2v) is 5.25. The molecule has 0 fully saturated rings. The lowest BCUT2D eigenvalue weighted by molar-refractivity contribution is 0.102. The Hall–Kier alpha value is -2.94. The van der Waals surface area contributed by atoms with Crippen molar-refractivity contribution in [1.29, 1.82) is 0 Å². The number of nitrogens with one attached hydrogen (secondary N) is 1. The van der Waals surface area contributed by atoms with Crippen LogP contribution in [0.2, 0.25) is 0 Å². The summed E-state index contributed by atoms with van der Waals surface area (Å²) in [5, 5.41) is 6.41. The Bertz CT molecular complexity index is 934. The summed E-state index contributed by atoms with van der Waals surface area (Å²) >= 11 is 1.23. The molecule has 9 heteroatoms. The number of hydrogen-bond acceptors (Lipinski definition) is 7. The van der Waals surface area contributed by atoms with Gasteiger partial charge in [0.05, 0.1) is 20.4 Å². The largest absolute Gasteiger partial charge is 0.493 e. The van der Waals surface area contributed by atoms with Crippen LogP contribution in [0.25, 0.3) is 4.96 Å². The molecule has 1 amide bonds. The maximum Gasteiger partial charge on any atom is 0.298 e. The number of ether oxygens (including phenoxy) is 2. The predicted octanol–water partition coefficient (Wildman–Crippen LogP) is 1.42. The molecule has 8 nitrogen and oxygen atoms in total. The first kappa shape index (κ1) is 15.0. The van der Waals surface area contributed by atoms with Crippen LogP contribution in [0, 0.1) is 0 Å². The van der Waals surface area contributed by atoms with E-state index in [1.54, 1.807) is 12.1 Å². The highest BCUT2D eigenvalue weighted by atomic mass is 32.1. The van der Waals surface area contributed by atoms with Crippen LogP contribution in [0.1, 0.15) is 10.4 Å². The number of amides is 1. The van der Waals surface area contributed by atoms with E-state index in [4.69, 9.17) is 9.47 Å². The molecule has 23 heavy (non-hydrogen) atoms. The first-order valence-electron chi connectivity index (χ1n) is 6.49. The van der Waals surface area contributed by atoms with Crippen molar-refractivity contribution in [2.45, 2.75) is 0 Å². The minimum Gasteiger partial charge on any atom is -0.493 e. The van der Waals surface area contributed by atoms with Crippen molar-refractivity contribution in [3.8, 4) is 11.5 Å². The molecular weight excluding hydrogens is 320 g/mol. The fourth-order valence-corrected chi connectivity index (χ4v) is 2.57. The minimum atomic E-state index is -0.458. The maximum absolute atomic E-state index is 12.3. The summed E-state index contributed by atoms with van der Waals surface area (Å²) in [6.45, 7) is 0. The van der Waals surface area contributed by atoms with E-state index in [0.717, 1.165) is 4.52 Å². The smallest absolute Gasteiger partial charge is 0.298 e. The van der Waals surface area contributed by atoms with Gasteiger partial charge in [0.15, 0.2) is 11.5 Å². The van der Waals surface area contributed by atoms with E-state index in [1.165, 1.54) is 43.3 Å². The van der Waals surface area contributed by atoms with Crippen LogP contribution in [0.5, 0.6) is 11.5 Å². The molecular formula is C14H12N4O4S. The molecule has 0 unspecified atom stereocenters. The van der Waals surface area contributed by atoms with Crippen LogP contribution in [0.3, 0.4) is 0 Å². The van der Waals surface area contributed by atoms with Gasteiger partial charge in [-0.15, -0.1) is 0 Å². The fraction of sp³-hybridized carbons (Fsp3) is 0.143. The maximum atomic E-state index is 12.3. The van der Waals surface area contributed by atoms with Gasteiger partial charge in [0.2, 0.25) is 4.96 Å². The van der Waals surface area contributed by atoms with E-state index < -0.39 is 11.5 Å². The number of carbonyl (C=O) groups excluding carboxylic acids is 1. The number of nitrogens with zero attached hydrogens (tertiary/aromatic N) is 3. The summed E-state index contributed by atoms with van der Waals surface area (Å²) in [5.41, 5.74) is 1.44. The number of carbonyl (C=O) groups is 1. The molecule has 0 saturated carbocycles. The van der Waals surface area contributed by atoms with Gasteiger partial charge >= 0.3 is 0 Å². The van der Waals surface area contributed by atoms with E-state index in [-0.39, 0.29) is 5.69 Å². The Morgan fingerprint density at radius 3 is 2.78 bits per heavy atom. The van der Waals surface area contributed by atoms with E-state index >= 15 is 0 Å². The Balaban J connectivity index is 1.91. The Morgan fingerprint density at radius 2 is 2.04 bits per heavy atom. The van der Waals surface area contributed by atoms with E-state index in [9.17, 15) is 9.59 Å². The number of aromatic nitrogens is 3. The van der Waals surface area contributed by atoms with Crippen molar-refractivity contribution in [3.63, 3.8) is 0 Å². The molecule has 0 bridgehead atoms. The second-order valence-electron chi connectivity index (χ2n) is 4.43. The van der Waals surface area contributed by atoms with Crippen molar-refractivity contribution in [3.05, 3.63) is 45.8 Å². The molecule has 0 radical (unpaired) electrons. The molecule has 0 spiro atoms. The molecule has 3 rings (SSSR count). The normalized spacial score (nSPS) is 10.5. The number of anilines is 1. The molecule has 3 aromatic rings. The van der Waals surface area contributed by atoms with Crippen molar-refractivity contribution in [1.82, 2.24) is 14.6 Å². The van der Waals surface area contributed by atoms with Crippen LogP contribution in [0.15, 0.2) is 34.7 Å². The van der Waals surface area contributed by atoms with Gasteiger partial charge < -0.3 is 14.8 Å². The predicted molar refractivity (Wildman–Crippen MR) is 84.6 cm³/mol. The summed E-state index contributed by atoms with van der Waals surface area (Å²) in [6, 6.07) is 4.71. The average molecular weight is 332 g/mol. The molecule has 118 valence electrons. The van der Waals surface area contributed by atoms with Gasteiger partial charge in [-0.3, -0.25) is 9.59 Å². The number of rotatable bonds is 4. The van der Waals surface area contributed by atoms with Crippen LogP contribution < -0.4 is 20.3 Å². The van der Waals surface area contributed by atoms with Crippen molar-refractivity contribution >= 4 is 27.9 Å². The lowest BCUT2D eigenvalue weighted by Crippen LogP contribution is -2.23. The zero-order valence-electron chi connectivity index (χ0n) is 12.3. The molecule has 1 N–H and O–H groups in total. The third-order valence-corrected chi connectivity index (χ3v) is 3.81. The Kier molecular flexibility index (Phi) is 3.94. The minimum absolute atomic E-state index is 0.0492. The number of benzene rings is 1.